The van der Waals surface area contributed by atoms with Crippen LogP contribution in [0.2, 0.25) is 0 Å². The zero-order valence-electron chi connectivity index (χ0n) is 8.01. The van der Waals surface area contributed by atoms with Crippen molar-refractivity contribution >= 4 is 21.9 Å². The van der Waals surface area contributed by atoms with Gasteiger partial charge in [-0.25, -0.2) is 9.18 Å². The predicted octanol–water partition coefficient (Wildman–Crippen LogP) is 2.50. The maximum atomic E-state index is 13.1. The SMILES string of the molecule is CCOC(=O)C#Cc1cc(Br)ccc1F. The topological polar surface area (TPSA) is 26.3 Å². The van der Waals surface area contributed by atoms with Crippen LogP contribution in [0.25, 0.3) is 0 Å². The van der Waals surface area contributed by atoms with E-state index in [4.69, 9.17) is 0 Å². The van der Waals surface area contributed by atoms with E-state index in [-0.39, 0.29) is 12.2 Å². The lowest BCUT2D eigenvalue weighted by Crippen LogP contribution is -1.99. The molecule has 1 rings (SSSR count). The molecule has 0 atom stereocenters. The number of carbonyl (C=O) groups is 1. The van der Waals surface area contributed by atoms with Gasteiger partial charge >= 0.3 is 5.97 Å². The fourth-order valence-electron chi connectivity index (χ4n) is 0.879. The largest absolute Gasteiger partial charge is 0.456 e. The highest BCUT2D eigenvalue weighted by atomic mass is 79.9. The summed E-state index contributed by atoms with van der Waals surface area (Å²) < 4.78 is 18.4. The van der Waals surface area contributed by atoms with Gasteiger partial charge in [0.05, 0.1) is 12.2 Å². The number of ether oxygens (including phenoxy) is 1. The number of halogens is 2. The van der Waals surface area contributed by atoms with E-state index in [9.17, 15) is 9.18 Å². The summed E-state index contributed by atoms with van der Waals surface area (Å²) in [6.07, 6.45) is 0. The Bertz CT molecular complexity index is 432. The molecule has 0 unspecified atom stereocenters. The van der Waals surface area contributed by atoms with Gasteiger partial charge in [0.2, 0.25) is 0 Å². The second-order valence-corrected chi connectivity index (χ2v) is 3.51. The third-order valence-corrected chi connectivity index (χ3v) is 2.00. The first-order chi connectivity index (χ1) is 7.13. The quantitative estimate of drug-likeness (QED) is 0.579. The molecule has 4 heteroatoms. The van der Waals surface area contributed by atoms with Crippen LogP contribution in [0, 0.1) is 17.7 Å². The summed E-state index contributed by atoms with van der Waals surface area (Å²) in [4.78, 5) is 10.9. The summed E-state index contributed by atoms with van der Waals surface area (Å²) in [5.74, 6) is 3.49. The maximum Gasteiger partial charge on any atom is 0.384 e. The number of hydrogen-bond acceptors (Lipinski definition) is 2. The van der Waals surface area contributed by atoms with Gasteiger partial charge in [0.1, 0.15) is 5.82 Å². The Kier molecular flexibility index (Phi) is 4.32. The summed E-state index contributed by atoms with van der Waals surface area (Å²) >= 11 is 3.18. The zero-order valence-corrected chi connectivity index (χ0v) is 9.60. The Morgan fingerprint density at radius 2 is 2.33 bits per heavy atom. The van der Waals surface area contributed by atoms with Crippen molar-refractivity contribution in [2.45, 2.75) is 6.92 Å². The minimum absolute atomic E-state index is 0.164. The van der Waals surface area contributed by atoms with Crippen LogP contribution in [-0.4, -0.2) is 12.6 Å². The summed E-state index contributed by atoms with van der Waals surface area (Å²) in [6, 6.07) is 4.34. The summed E-state index contributed by atoms with van der Waals surface area (Å²) in [5, 5.41) is 0. The van der Waals surface area contributed by atoms with Crippen LogP contribution in [0.5, 0.6) is 0 Å². The Morgan fingerprint density at radius 3 is 3.00 bits per heavy atom. The second kappa shape index (κ2) is 5.52. The predicted molar refractivity (Wildman–Crippen MR) is 57.6 cm³/mol. The van der Waals surface area contributed by atoms with Crippen LogP contribution in [0.4, 0.5) is 4.39 Å². The highest BCUT2D eigenvalue weighted by Crippen LogP contribution is 2.14. The number of rotatable bonds is 1. The number of esters is 1. The molecule has 0 aliphatic rings. The molecule has 0 aliphatic heterocycles. The number of hydrogen-bond donors (Lipinski definition) is 0. The van der Waals surface area contributed by atoms with Crippen molar-refractivity contribution < 1.29 is 13.9 Å². The van der Waals surface area contributed by atoms with Crippen LogP contribution >= 0.6 is 15.9 Å². The first kappa shape index (κ1) is 11.7. The molecule has 0 radical (unpaired) electrons. The summed E-state index contributed by atoms with van der Waals surface area (Å²) in [6.45, 7) is 1.94. The fraction of sp³-hybridized carbons (Fsp3) is 0.182. The molecule has 1 aromatic rings. The number of carbonyl (C=O) groups excluding carboxylic acids is 1. The molecule has 0 fully saturated rings. The highest BCUT2D eigenvalue weighted by Gasteiger charge is 2.00. The Labute approximate surface area is 95.6 Å². The normalized spacial score (nSPS) is 9.00. The Morgan fingerprint density at radius 1 is 1.60 bits per heavy atom. The average Bonchev–Trinajstić information content (AvgIpc) is 2.20. The third kappa shape index (κ3) is 3.72. The molecule has 1 aromatic carbocycles. The van der Waals surface area contributed by atoms with Gasteiger partial charge in [-0.15, -0.1) is 0 Å². The van der Waals surface area contributed by atoms with E-state index in [1.54, 1.807) is 13.0 Å². The summed E-state index contributed by atoms with van der Waals surface area (Å²) in [7, 11) is 0. The maximum absolute atomic E-state index is 13.1. The monoisotopic (exact) mass is 270 g/mol. The lowest BCUT2D eigenvalue weighted by Gasteiger charge is -1.95. The molecule has 0 aliphatic carbocycles. The van der Waals surface area contributed by atoms with Gasteiger partial charge < -0.3 is 4.74 Å². The molecule has 0 bridgehead atoms. The fourth-order valence-corrected chi connectivity index (χ4v) is 1.24. The van der Waals surface area contributed by atoms with E-state index in [2.05, 4.69) is 32.5 Å². The minimum atomic E-state index is -0.656. The molecule has 78 valence electrons. The lowest BCUT2D eigenvalue weighted by molar-refractivity contribution is -0.136. The van der Waals surface area contributed by atoms with Crippen molar-refractivity contribution in [1.82, 2.24) is 0 Å². The van der Waals surface area contributed by atoms with Gasteiger partial charge in [0.15, 0.2) is 0 Å². The van der Waals surface area contributed by atoms with Crippen molar-refractivity contribution in [2.75, 3.05) is 6.61 Å². The van der Waals surface area contributed by atoms with Crippen molar-refractivity contribution in [1.29, 1.82) is 0 Å². The van der Waals surface area contributed by atoms with Crippen LogP contribution in [0.1, 0.15) is 12.5 Å². The molecule has 15 heavy (non-hydrogen) atoms. The van der Waals surface area contributed by atoms with Gasteiger partial charge in [-0.2, -0.15) is 0 Å². The van der Waals surface area contributed by atoms with E-state index in [0.29, 0.717) is 4.47 Å². The molecular weight excluding hydrogens is 263 g/mol. The molecule has 0 amide bonds. The second-order valence-electron chi connectivity index (χ2n) is 2.59. The van der Waals surface area contributed by atoms with Gasteiger partial charge in [0, 0.05) is 10.4 Å². The molecule has 0 N–H and O–H groups in total. The molecule has 0 saturated carbocycles. The van der Waals surface area contributed by atoms with E-state index in [0.717, 1.165) is 0 Å². The van der Waals surface area contributed by atoms with Gasteiger partial charge in [-0.1, -0.05) is 21.9 Å². The first-order valence-corrected chi connectivity index (χ1v) is 5.06. The summed E-state index contributed by atoms with van der Waals surface area (Å²) in [5.41, 5.74) is 0.164. The van der Waals surface area contributed by atoms with Crippen LogP contribution in [0.3, 0.4) is 0 Å². The molecule has 0 heterocycles. The van der Waals surface area contributed by atoms with E-state index >= 15 is 0 Å². The lowest BCUT2D eigenvalue weighted by atomic mass is 10.2. The Hall–Kier alpha value is -1.34. The molecule has 0 spiro atoms. The standard InChI is InChI=1S/C11H8BrFO2/c1-2-15-11(14)6-3-8-7-9(12)4-5-10(8)13/h4-5,7H,2H2,1H3. The number of benzene rings is 1. The van der Waals surface area contributed by atoms with E-state index < -0.39 is 11.8 Å². The van der Waals surface area contributed by atoms with Crippen LogP contribution in [0.15, 0.2) is 22.7 Å². The van der Waals surface area contributed by atoms with Crippen molar-refractivity contribution in [3.05, 3.63) is 34.1 Å². The average molecular weight is 271 g/mol. The van der Waals surface area contributed by atoms with Gasteiger partial charge in [-0.3, -0.25) is 0 Å². The molecule has 0 aromatic heterocycles. The zero-order chi connectivity index (χ0) is 11.3. The highest BCUT2D eigenvalue weighted by molar-refractivity contribution is 9.10. The third-order valence-electron chi connectivity index (χ3n) is 1.50. The first-order valence-electron chi connectivity index (χ1n) is 4.27. The van der Waals surface area contributed by atoms with E-state index in [1.807, 2.05) is 0 Å². The van der Waals surface area contributed by atoms with Crippen LogP contribution in [-0.2, 0) is 9.53 Å². The molecular formula is C11H8BrFO2. The van der Waals surface area contributed by atoms with Crippen molar-refractivity contribution in [3.8, 4) is 11.8 Å². The van der Waals surface area contributed by atoms with E-state index in [1.165, 1.54) is 12.1 Å². The van der Waals surface area contributed by atoms with Crippen LogP contribution < -0.4 is 0 Å². The smallest absolute Gasteiger partial charge is 0.384 e. The molecule has 0 saturated heterocycles. The van der Waals surface area contributed by atoms with Gasteiger partial charge in [0.25, 0.3) is 0 Å². The van der Waals surface area contributed by atoms with Gasteiger partial charge in [-0.05, 0) is 25.1 Å². The van der Waals surface area contributed by atoms with Crippen molar-refractivity contribution in [3.63, 3.8) is 0 Å². The Balaban J connectivity index is 2.88. The van der Waals surface area contributed by atoms with Crippen molar-refractivity contribution in [2.24, 2.45) is 0 Å². The minimum Gasteiger partial charge on any atom is -0.456 e. The molecule has 2 nitrogen and oxygen atoms in total.